The minimum atomic E-state index is 0.704. The van der Waals surface area contributed by atoms with E-state index in [1.54, 1.807) is 0 Å². The van der Waals surface area contributed by atoms with E-state index in [-0.39, 0.29) is 0 Å². The summed E-state index contributed by atoms with van der Waals surface area (Å²) in [6, 6.07) is 7.07. The molecule has 0 bridgehead atoms. The van der Waals surface area contributed by atoms with E-state index in [4.69, 9.17) is 11.6 Å². The zero-order valence-electron chi connectivity index (χ0n) is 12.7. The Labute approximate surface area is 131 Å². The van der Waals surface area contributed by atoms with E-state index in [2.05, 4.69) is 41.7 Å². The molecule has 21 heavy (non-hydrogen) atoms. The average Bonchev–Trinajstić information content (AvgIpc) is 3.21. The molecule has 0 radical (unpaired) electrons. The molecular weight excluding hydrogens is 282 g/mol. The number of halogens is 1. The fourth-order valence-corrected chi connectivity index (χ4v) is 2.84. The molecule has 1 N–H and O–H groups in total. The van der Waals surface area contributed by atoms with Crippen LogP contribution in [0, 0.1) is 0 Å². The summed E-state index contributed by atoms with van der Waals surface area (Å²) in [5.41, 5.74) is 4.68. The molecule has 0 aliphatic heterocycles. The van der Waals surface area contributed by atoms with Crippen LogP contribution in [0.1, 0.15) is 37.4 Å². The lowest BCUT2D eigenvalue weighted by molar-refractivity contribution is 0.688. The number of hydrogen-bond acceptors (Lipinski definition) is 2. The van der Waals surface area contributed by atoms with Crippen LogP contribution in [0.5, 0.6) is 0 Å². The molecule has 3 rings (SSSR count). The zero-order valence-corrected chi connectivity index (χ0v) is 13.5. The highest BCUT2D eigenvalue weighted by atomic mass is 35.5. The first-order valence-corrected chi connectivity index (χ1v) is 8.10. The molecule has 0 unspecified atom stereocenters. The molecule has 0 amide bonds. The van der Waals surface area contributed by atoms with Crippen LogP contribution in [0.2, 0.25) is 5.02 Å². The van der Waals surface area contributed by atoms with Crippen molar-refractivity contribution in [3.63, 3.8) is 0 Å². The first kappa shape index (κ1) is 14.6. The van der Waals surface area contributed by atoms with Crippen molar-refractivity contribution in [2.75, 3.05) is 0 Å². The smallest absolute Gasteiger partial charge is 0.0702 e. The van der Waals surface area contributed by atoms with Gasteiger partial charge in [-0.15, -0.1) is 0 Å². The second-order valence-electron chi connectivity index (χ2n) is 5.87. The largest absolute Gasteiger partial charge is 0.310 e. The van der Waals surface area contributed by atoms with Gasteiger partial charge in [0.25, 0.3) is 0 Å². The third-order valence-corrected chi connectivity index (χ3v) is 4.27. The van der Waals surface area contributed by atoms with E-state index in [0.29, 0.717) is 6.04 Å². The minimum absolute atomic E-state index is 0.704. The van der Waals surface area contributed by atoms with Crippen LogP contribution >= 0.6 is 11.6 Å². The predicted molar refractivity (Wildman–Crippen MR) is 87.5 cm³/mol. The Hall–Kier alpha value is -1.32. The Morgan fingerprint density at radius 2 is 2.19 bits per heavy atom. The van der Waals surface area contributed by atoms with Gasteiger partial charge in [0.2, 0.25) is 0 Å². The summed E-state index contributed by atoms with van der Waals surface area (Å²) in [7, 11) is 1.97. The van der Waals surface area contributed by atoms with Crippen LogP contribution in [0.15, 0.2) is 24.4 Å². The molecule has 0 spiro atoms. The van der Waals surface area contributed by atoms with Crippen molar-refractivity contribution in [3.8, 4) is 11.1 Å². The van der Waals surface area contributed by atoms with Crippen LogP contribution in [0.3, 0.4) is 0 Å². The van der Waals surface area contributed by atoms with Gasteiger partial charge in [-0.2, -0.15) is 5.10 Å². The Kier molecular flexibility index (Phi) is 4.32. The lowest BCUT2D eigenvalue weighted by Crippen LogP contribution is -2.15. The van der Waals surface area contributed by atoms with E-state index >= 15 is 0 Å². The fourth-order valence-electron chi connectivity index (χ4n) is 2.60. The molecule has 1 aliphatic carbocycles. The van der Waals surface area contributed by atoms with Crippen molar-refractivity contribution in [2.45, 2.75) is 45.2 Å². The number of hydrogen-bond donors (Lipinski definition) is 1. The van der Waals surface area contributed by atoms with E-state index < -0.39 is 0 Å². The number of rotatable bonds is 6. The fraction of sp³-hybridized carbons (Fsp3) is 0.471. The second-order valence-corrected chi connectivity index (χ2v) is 6.28. The van der Waals surface area contributed by atoms with E-state index in [9.17, 15) is 0 Å². The highest BCUT2D eigenvalue weighted by molar-refractivity contribution is 6.31. The predicted octanol–water partition coefficient (Wildman–Crippen LogP) is 3.95. The number of nitrogens with one attached hydrogen (secondary N) is 1. The van der Waals surface area contributed by atoms with Gasteiger partial charge in [0.05, 0.1) is 5.69 Å². The van der Waals surface area contributed by atoms with Gasteiger partial charge in [-0.05, 0) is 36.5 Å². The molecule has 1 aliphatic rings. The standard InChI is InChI=1S/C17H22ClN3/c1-3-4-17-15(11-21(2)20-17)12-5-6-13(16(18)9-12)10-19-14-7-8-14/h5-6,9,11,14,19H,3-4,7-8,10H2,1-2H3. The number of nitrogens with zero attached hydrogens (tertiary/aromatic N) is 2. The maximum atomic E-state index is 6.45. The molecule has 1 aromatic carbocycles. The average molecular weight is 304 g/mol. The van der Waals surface area contributed by atoms with Crippen molar-refractivity contribution in [1.29, 1.82) is 0 Å². The number of aromatic nitrogens is 2. The lowest BCUT2D eigenvalue weighted by atomic mass is 10.0. The number of aryl methyl sites for hydroxylation is 2. The Morgan fingerprint density at radius 3 is 2.86 bits per heavy atom. The Bertz CT molecular complexity index is 629. The third kappa shape index (κ3) is 3.47. The molecule has 4 heteroatoms. The van der Waals surface area contributed by atoms with Gasteiger partial charge < -0.3 is 5.32 Å². The van der Waals surface area contributed by atoms with Gasteiger partial charge in [0.15, 0.2) is 0 Å². The lowest BCUT2D eigenvalue weighted by Gasteiger charge is -2.08. The number of benzene rings is 1. The molecule has 3 nitrogen and oxygen atoms in total. The summed E-state index contributed by atoms with van der Waals surface area (Å²) in [6.07, 6.45) is 6.77. The van der Waals surface area contributed by atoms with Gasteiger partial charge in [-0.3, -0.25) is 4.68 Å². The first-order valence-electron chi connectivity index (χ1n) is 7.72. The van der Waals surface area contributed by atoms with Crippen LogP contribution in [0.4, 0.5) is 0 Å². The molecule has 0 atom stereocenters. The van der Waals surface area contributed by atoms with Gasteiger partial charge >= 0.3 is 0 Å². The summed E-state index contributed by atoms with van der Waals surface area (Å²) in [5, 5.41) is 8.91. The van der Waals surface area contributed by atoms with Gasteiger partial charge in [0.1, 0.15) is 0 Å². The quantitative estimate of drug-likeness (QED) is 0.876. The molecule has 0 saturated heterocycles. The van der Waals surface area contributed by atoms with Crippen molar-refractivity contribution >= 4 is 11.6 Å². The van der Waals surface area contributed by atoms with Gasteiger partial charge in [0, 0.05) is 36.4 Å². The minimum Gasteiger partial charge on any atom is -0.310 e. The summed E-state index contributed by atoms with van der Waals surface area (Å²) in [6.45, 7) is 3.04. The zero-order chi connectivity index (χ0) is 14.8. The second kappa shape index (κ2) is 6.20. The third-order valence-electron chi connectivity index (χ3n) is 3.91. The van der Waals surface area contributed by atoms with Crippen molar-refractivity contribution in [2.24, 2.45) is 7.05 Å². The van der Waals surface area contributed by atoms with Crippen molar-refractivity contribution in [3.05, 3.63) is 40.7 Å². The van der Waals surface area contributed by atoms with Crippen LogP contribution in [-0.4, -0.2) is 15.8 Å². The molecule has 1 saturated carbocycles. The topological polar surface area (TPSA) is 29.9 Å². The summed E-state index contributed by atoms with van der Waals surface area (Å²) >= 11 is 6.45. The molecule has 1 aromatic heterocycles. The molecule has 112 valence electrons. The summed E-state index contributed by atoms with van der Waals surface area (Å²) in [4.78, 5) is 0. The van der Waals surface area contributed by atoms with E-state index in [1.807, 2.05) is 11.7 Å². The van der Waals surface area contributed by atoms with Gasteiger partial charge in [-0.1, -0.05) is 37.1 Å². The maximum absolute atomic E-state index is 6.45. The highest BCUT2D eigenvalue weighted by Gasteiger charge is 2.20. The molecular formula is C17H22ClN3. The molecule has 1 heterocycles. The van der Waals surface area contributed by atoms with Crippen LogP contribution < -0.4 is 5.32 Å². The highest BCUT2D eigenvalue weighted by Crippen LogP contribution is 2.29. The summed E-state index contributed by atoms with van der Waals surface area (Å²) in [5.74, 6) is 0. The molecule has 2 aromatic rings. The van der Waals surface area contributed by atoms with Crippen molar-refractivity contribution < 1.29 is 0 Å². The van der Waals surface area contributed by atoms with Gasteiger partial charge in [-0.25, -0.2) is 0 Å². The first-order chi connectivity index (χ1) is 10.2. The van der Waals surface area contributed by atoms with E-state index in [0.717, 1.165) is 35.7 Å². The summed E-state index contributed by atoms with van der Waals surface area (Å²) < 4.78 is 1.89. The Morgan fingerprint density at radius 1 is 1.38 bits per heavy atom. The molecule has 1 fully saturated rings. The maximum Gasteiger partial charge on any atom is 0.0702 e. The van der Waals surface area contributed by atoms with Crippen LogP contribution in [0.25, 0.3) is 11.1 Å². The Balaban J connectivity index is 1.83. The normalized spacial score (nSPS) is 14.6. The van der Waals surface area contributed by atoms with Crippen molar-refractivity contribution in [1.82, 2.24) is 15.1 Å². The monoisotopic (exact) mass is 303 g/mol. The van der Waals surface area contributed by atoms with Crippen LogP contribution in [-0.2, 0) is 20.0 Å². The van der Waals surface area contributed by atoms with E-state index in [1.165, 1.54) is 24.0 Å². The SMILES string of the molecule is CCCc1nn(C)cc1-c1ccc(CNC2CC2)c(Cl)c1.